The molecule has 1 N–H and O–H groups in total. The maximum Gasteiger partial charge on any atom is 0.133 e. The number of benzene rings is 1. The van der Waals surface area contributed by atoms with E-state index in [0.717, 1.165) is 5.56 Å². The van der Waals surface area contributed by atoms with E-state index in [-0.39, 0.29) is 11.7 Å². The number of aromatic hydroxyl groups is 1. The first kappa shape index (κ1) is 13.8. The highest BCUT2D eigenvalue weighted by molar-refractivity contribution is 9.10. The van der Waals surface area contributed by atoms with Gasteiger partial charge in [-0.2, -0.15) is 0 Å². The normalized spacial score (nSPS) is 9.64. The average molecular weight is 280 g/mol. The molecule has 0 atom stereocenters. The number of halogens is 2. The predicted molar refractivity (Wildman–Crippen MR) is 66.3 cm³/mol. The van der Waals surface area contributed by atoms with Crippen molar-refractivity contribution < 1.29 is 5.11 Å². The summed E-state index contributed by atoms with van der Waals surface area (Å²) in [5.74, 6) is 0.564. The summed E-state index contributed by atoms with van der Waals surface area (Å²) < 4.78 is 0.652. The summed E-state index contributed by atoms with van der Waals surface area (Å²) in [6.07, 6.45) is 0. The van der Waals surface area contributed by atoms with E-state index in [0.29, 0.717) is 9.50 Å². The van der Waals surface area contributed by atoms with Crippen molar-refractivity contribution in [2.24, 2.45) is 0 Å². The van der Waals surface area contributed by atoms with Gasteiger partial charge in [-0.25, -0.2) is 0 Å². The minimum atomic E-state index is 0.278. The lowest BCUT2D eigenvalue weighted by Gasteiger charge is -2.09. The van der Waals surface area contributed by atoms with Gasteiger partial charge in [0.05, 0.1) is 4.47 Å². The van der Waals surface area contributed by atoms with Crippen LogP contribution in [-0.4, -0.2) is 5.11 Å². The fourth-order valence-electron chi connectivity index (χ4n) is 1.03. The topological polar surface area (TPSA) is 20.2 Å². The Hall–Kier alpha value is -0.210. The molecule has 0 unspecified atom stereocenters. The molecule has 14 heavy (non-hydrogen) atoms. The number of phenols is 1. The molecule has 0 aliphatic heterocycles. The zero-order chi connectivity index (χ0) is 11.3. The van der Waals surface area contributed by atoms with Gasteiger partial charge in [0.1, 0.15) is 5.75 Å². The van der Waals surface area contributed by atoms with Crippen molar-refractivity contribution in [2.75, 3.05) is 0 Å². The van der Waals surface area contributed by atoms with Crippen molar-refractivity contribution >= 4 is 27.5 Å². The van der Waals surface area contributed by atoms with Gasteiger partial charge in [0.2, 0.25) is 0 Å². The molecule has 0 radical (unpaired) electrons. The van der Waals surface area contributed by atoms with Crippen molar-refractivity contribution in [3.05, 3.63) is 27.2 Å². The Balaban J connectivity index is 0.000000791. The van der Waals surface area contributed by atoms with Gasteiger partial charge < -0.3 is 5.11 Å². The van der Waals surface area contributed by atoms with Gasteiger partial charge in [-0.3, -0.25) is 0 Å². The van der Waals surface area contributed by atoms with Gasteiger partial charge in [-0.1, -0.05) is 39.3 Å². The number of phenolic OH excluding ortho intramolecular Hbond substituents is 1. The van der Waals surface area contributed by atoms with Gasteiger partial charge in [0.15, 0.2) is 0 Å². The third kappa shape index (κ3) is 3.50. The van der Waals surface area contributed by atoms with Gasteiger partial charge in [0, 0.05) is 5.02 Å². The third-order valence-electron chi connectivity index (χ3n) is 1.68. The molecule has 0 heterocycles. The van der Waals surface area contributed by atoms with E-state index in [4.69, 9.17) is 11.6 Å². The highest BCUT2D eigenvalue weighted by Crippen LogP contribution is 2.35. The van der Waals surface area contributed by atoms with Crippen molar-refractivity contribution in [1.82, 2.24) is 0 Å². The second kappa shape index (κ2) is 6.31. The van der Waals surface area contributed by atoms with Crippen LogP contribution in [0.1, 0.15) is 39.2 Å². The van der Waals surface area contributed by atoms with Crippen molar-refractivity contribution in [3.8, 4) is 5.75 Å². The molecule has 0 saturated carbocycles. The molecular formula is C11H16BrClO. The molecule has 0 spiro atoms. The summed E-state index contributed by atoms with van der Waals surface area (Å²) in [4.78, 5) is 0. The van der Waals surface area contributed by atoms with Crippen LogP contribution in [0.25, 0.3) is 0 Å². The average Bonchev–Trinajstić information content (AvgIpc) is 2.14. The lowest BCUT2D eigenvalue weighted by Crippen LogP contribution is -1.88. The van der Waals surface area contributed by atoms with Gasteiger partial charge >= 0.3 is 0 Å². The first-order valence-corrected chi connectivity index (χ1v) is 5.87. The number of hydrogen-bond acceptors (Lipinski definition) is 1. The molecule has 1 rings (SSSR count). The molecule has 0 saturated heterocycles. The molecule has 0 aliphatic rings. The van der Waals surface area contributed by atoms with E-state index in [1.54, 1.807) is 12.1 Å². The monoisotopic (exact) mass is 278 g/mol. The Morgan fingerprint density at radius 1 is 1.29 bits per heavy atom. The second-order valence-electron chi connectivity index (χ2n) is 2.98. The number of rotatable bonds is 1. The predicted octanol–water partition coefficient (Wildman–Crippen LogP) is 4.96. The summed E-state index contributed by atoms with van der Waals surface area (Å²) in [6, 6.07) is 3.47. The molecule has 1 nitrogen and oxygen atoms in total. The minimum absolute atomic E-state index is 0.278. The van der Waals surface area contributed by atoms with Gasteiger partial charge in [0.25, 0.3) is 0 Å². The molecule has 0 fully saturated rings. The Morgan fingerprint density at radius 2 is 1.79 bits per heavy atom. The maximum absolute atomic E-state index is 9.59. The number of hydrogen-bond donors (Lipinski definition) is 1. The zero-order valence-electron chi connectivity index (χ0n) is 8.94. The third-order valence-corrected chi connectivity index (χ3v) is 2.50. The molecule has 80 valence electrons. The summed E-state index contributed by atoms with van der Waals surface area (Å²) >= 11 is 9.06. The quantitative estimate of drug-likeness (QED) is 0.770. The Bertz CT molecular complexity index is 298. The minimum Gasteiger partial charge on any atom is -0.506 e. The van der Waals surface area contributed by atoms with Crippen molar-refractivity contribution in [2.45, 2.75) is 33.6 Å². The van der Waals surface area contributed by atoms with E-state index in [1.165, 1.54) is 0 Å². The molecule has 0 bridgehead atoms. The molecule has 3 heteroatoms. The highest BCUT2D eigenvalue weighted by Gasteiger charge is 2.09. The molecular weight excluding hydrogens is 263 g/mol. The van der Waals surface area contributed by atoms with Crippen LogP contribution in [0.5, 0.6) is 5.75 Å². The fourth-order valence-corrected chi connectivity index (χ4v) is 1.86. The standard InChI is InChI=1S/C9H10BrClO.C2H6/c1-5(2)7-3-6(11)4-8(10)9(7)12;1-2/h3-5,12H,1-2H3;1-2H3. The van der Waals surface area contributed by atoms with Crippen LogP contribution in [0.4, 0.5) is 0 Å². The molecule has 0 amide bonds. The van der Waals surface area contributed by atoms with Crippen LogP contribution in [0, 0.1) is 0 Å². The van der Waals surface area contributed by atoms with E-state index in [2.05, 4.69) is 15.9 Å². The van der Waals surface area contributed by atoms with Crippen LogP contribution in [0.3, 0.4) is 0 Å². The van der Waals surface area contributed by atoms with Gasteiger partial charge in [-0.05, 0) is 39.5 Å². The highest BCUT2D eigenvalue weighted by atomic mass is 79.9. The van der Waals surface area contributed by atoms with Crippen LogP contribution in [0.2, 0.25) is 5.02 Å². The smallest absolute Gasteiger partial charge is 0.133 e. The lowest BCUT2D eigenvalue weighted by atomic mass is 10.0. The Labute approximate surface area is 99.2 Å². The summed E-state index contributed by atoms with van der Waals surface area (Å²) in [6.45, 7) is 8.02. The Morgan fingerprint density at radius 3 is 2.21 bits per heavy atom. The molecule has 0 aliphatic carbocycles. The lowest BCUT2D eigenvalue weighted by molar-refractivity contribution is 0.461. The van der Waals surface area contributed by atoms with Gasteiger partial charge in [-0.15, -0.1) is 0 Å². The Kier molecular flexibility index (Phi) is 6.21. The van der Waals surface area contributed by atoms with E-state index < -0.39 is 0 Å². The first-order chi connectivity index (χ1) is 6.52. The fraction of sp³-hybridized carbons (Fsp3) is 0.455. The molecule has 0 aromatic heterocycles. The largest absolute Gasteiger partial charge is 0.506 e. The molecule has 1 aromatic carbocycles. The van der Waals surface area contributed by atoms with E-state index >= 15 is 0 Å². The van der Waals surface area contributed by atoms with E-state index in [1.807, 2.05) is 27.7 Å². The second-order valence-corrected chi connectivity index (χ2v) is 4.27. The van der Waals surface area contributed by atoms with Crippen LogP contribution >= 0.6 is 27.5 Å². The SMILES string of the molecule is CC.CC(C)c1cc(Cl)cc(Br)c1O. The van der Waals surface area contributed by atoms with Crippen molar-refractivity contribution in [1.29, 1.82) is 0 Å². The van der Waals surface area contributed by atoms with Crippen molar-refractivity contribution in [3.63, 3.8) is 0 Å². The van der Waals surface area contributed by atoms with Crippen LogP contribution in [0.15, 0.2) is 16.6 Å². The molecule has 1 aromatic rings. The first-order valence-electron chi connectivity index (χ1n) is 4.70. The van der Waals surface area contributed by atoms with E-state index in [9.17, 15) is 5.11 Å². The van der Waals surface area contributed by atoms with Crippen LogP contribution in [-0.2, 0) is 0 Å². The maximum atomic E-state index is 9.59. The summed E-state index contributed by atoms with van der Waals surface area (Å²) in [5, 5.41) is 10.2. The zero-order valence-corrected chi connectivity index (χ0v) is 11.3. The summed E-state index contributed by atoms with van der Waals surface area (Å²) in [5.41, 5.74) is 0.870. The summed E-state index contributed by atoms with van der Waals surface area (Å²) in [7, 11) is 0. The van der Waals surface area contributed by atoms with Crippen LogP contribution < -0.4 is 0 Å².